The number of hydrogen-bond acceptors (Lipinski definition) is 16. The lowest BCUT2D eigenvalue weighted by Crippen LogP contribution is -2.76. The van der Waals surface area contributed by atoms with Crippen molar-refractivity contribution < 1.29 is 69.4 Å². The first kappa shape index (κ1) is 42.4. The molecule has 2 unspecified atom stereocenters. The summed E-state index contributed by atoms with van der Waals surface area (Å²) in [7, 11) is -5.02. The number of carboxylic acids is 2. The summed E-state index contributed by atoms with van der Waals surface area (Å²) in [5, 5.41) is 32.5. The minimum atomic E-state index is -5.08. The third kappa shape index (κ3) is 11.1. The van der Waals surface area contributed by atoms with Crippen molar-refractivity contribution in [3.05, 3.63) is 41.4 Å². The number of nitrogens with one attached hydrogen (secondary N) is 3. The van der Waals surface area contributed by atoms with E-state index in [2.05, 4.69) is 49.2 Å². The number of carboxylic acid groups (broad SMARTS) is 2. The summed E-state index contributed by atoms with van der Waals surface area (Å²) in [6, 6.07) is 7.70. The van der Waals surface area contributed by atoms with Gasteiger partial charge < -0.3 is 41.5 Å². The number of oxime groups is 1. The van der Waals surface area contributed by atoms with Gasteiger partial charge in [-0.15, -0.1) is 15.6 Å². The molecule has 0 saturated carbocycles. The highest BCUT2D eigenvalue weighted by Gasteiger charge is 2.58. The number of carbonyl (C=O) groups is 4. The number of thiazole rings is 1. The Kier molecular flexibility index (Phi) is 12.4. The van der Waals surface area contributed by atoms with Gasteiger partial charge in [0.2, 0.25) is 0 Å². The molecule has 0 radical (unpaired) electrons. The third-order valence-electron chi connectivity index (χ3n) is 7.89. The van der Waals surface area contributed by atoms with E-state index in [1.165, 1.54) is 19.2 Å². The van der Waals surface area contributed by atoms with E-state index in [1.807, 2.05) is 12.1 Å². The van der Waals surface area contributed by atoms with Crippen LogP contribution in [0.25, 0.3) is 10.9 Å². The van der Waals surface area contributed by atoms with Gasteiger partial charge in [-0.25, -0.2) is 19.6 Å². The number of halogens is 3. The molecule has 1 aromatic carbocycles. The van der Waals surface area contributed by atoms with Crippen LogP contribution in [0.5, 0.6) is 5.75 Å². The number of hydrogen-bond donors (Lipinski definition) is 7. The lowest BCUT2D eigenvalue weighted by Gasteiger charge is -2.50. The number of nitrogens with two attached hydrogens (primary N) is 1. The standard InChI is InChI=1S/C28H34N8O10S2.C2HF3O2/c1-27(2)10-15(11-30-27)31-20-8-5-14-9-16(6-7-17(14)32-20)44-12-19(25(39)40)45-35-21(18-13-47-26(29)33-18)23(37)34-22-24(38)36(28(22,3)4)46-48(41,42)43;3-2(4,5)1(6)7/h5-9,13,15,19,22,30H,10-12H2,1-4H3,(H2,29,33)(H,31,32)(H,34,37)(H,39,40)(H,41,42,43);(H,6,7)/b35-21-;/t15?,19?,22-;/m1./s1. The number of aromatic nitrogens is 2. The Bertz CT molecular complexity index is 2100. The Hall–Kier alpha value is -5.37. The minimum Gasteiger partial charge on any atom is -0.489 e. The predicted octanol–water partition coefficient (Wildman–Crippen LogP) is 1.55. The number of nitrogen functional groups attached to an aromatic ring is 1. The van der Waals surface area contributed by atoms with Crippen LogP contribution >= 0.6 is 11.3 Å². The number of pyridine rings is 1. The number of carbonyl (C=O) groups excluding carboxylic acids is 2. The molecule has 2 aromatic heterocycles. The molecule has 0 aliphatic carbocycles. The number of hydroxylamine groups is 2. The number of anilines is 2. The highest BCUT2D eigenvalue weighted by molar-refractivity contribution is 7.80. The highest BCUT2D eigenvalue weighted by Crippen LogP contribution is 2.33. The zero-order valence-electron chi connectivity index (χ0n) is 29.1. The van der Waals surface area contributed by atoms with E-state index in [4.69, 9.17) is 29.8 Å². The average Bonchev–Trinajstić information content (AvgIpc) is 3.66. The molecule has 300 valence electrons. The maximum atomic E-state index is 13.2. The van der Waals surface area contributed by atoms with Crippen LogP contribution in [0.2, 0.25) is 0 Å². The largest absolute Gasteiger partial charge is 0.490 e. The second kappa shape index (κ2) is 16.2. The van der Waals surface area contributed by atoms with Crippen LogP contribution in [0.15, 0.2) is 40.9 Å². The topological polar surface area (TPSA) is 294 Å². The molecule has 2 amide bonds. The van der Waals surface area contributed by atoms with Gasteiger partial charge >= 0.3 is 28.5 Å². The summed E-state index contributed by atoms with van der Waals surface area (Å²) >= 11 is 0.961. The van der Waals surface area contributed by atoms with Crippen molar-refractivity contribution >= 4 is 73.1 Å². The summed E-state index contributed by atoms with van der Waals surface area (Å²) in [5.41, 5.74) is 4.42. The van der Waals surface area contributed by atoms with Crippen LogP contribution < -0.4 is 26.4 Å². The normalized spacial score (nSPS) is 19.7. The number of alkyl halides is 3. The number of rotatable bonds is 13. The van der Waals surface area contributed by atoms with Gasteiger partial charge in [-0.05, 0) is 64.4 Å². The Morgan fingerprint density at radius 3 is 2.36 bits per heavy atom. The zero-order valence-corrected chi connectivity index (χ0v) is 30.8. The lowest BCUT2D eigenvalue weighted by atomic mass is 9.84. The molecule has 8 N–H and O–H groups in total. The second-order valence-corrected chi connectivity index (χ2v) is 15.0. The fourth-order valence-electron chi connectivity index (χ4n) is 5.20. The van der Waals surface area contributed by atoms with Gasteiger partial charge in [0.25, 0.3) is 17.9 Å². The first-order chi connectivity index (χ1) is 25.4. The van der Waals surface area contributed by atoms with Crippen LogP contribution in [0, 0.1) is 0 Å². The summed E-state index contributed by atoms with van der Waals surface area (Å²) < 4.78 is 72.9. The van der Waals surface area contributed by atoms with Crippen molar-refractivity contribution in [2.45, 2.75) is 69.6 Å². The summed E-state index contributed by atoms with van der Waals surface area (Å²) in [6.07, 6.45) is -5.82. The van der Waals surface area contributed by atoms with Crippen LogP contribution in [-0.4, -0.2) is 116 Å². The molecule has 2 aliphatic heterocycles. The van der Waals surface area contributed by atoms with Crippen molar-refractivity contribution in [1.29, 1.82) is 0 Å². The van der Waals surface area contributed by atoms with Crippen molar-refractivity contribution in [3.8, 4) is 5.75 Å². The molecule has 5 rings (SSSR count). The Morgan fingerprint density at radius 1 is 1.16 bits per heavy atom. The van der Waals surface area contributed by atoms with Crippen LogP contribution in [0.4, 0.5) is 24.1 Å². The maximum absolute atomic E-state index is 13.2. The van der Waals surface area contributed by atoms with Gasteiger partial charge in [0, 0.05) is 28.9 Å². The van der Waals surface area contributed by atoms with Crippen molar-refractivity contribution in [3.63, 3.8) is 0 Å². The van der Waals surface area contributed by atoms with E-state index in [0.29, 0.717) is 16.3 Å². The van der Waals surface area contributed by atoms with Gasteiger partial charge in [-0.1, -0.05) is 5.16 Å². The SMILES string of the molecule is CC1(C)CC(Nc2ccc3cc(OCC(O/N=C(\C(=O)N[C@@H]4C(=O)N(OS(=O)(=O)O)C4(C)C)c4csc(N)n4)C(=O)O)ccc3n2)CN1.O=C(O)C(F)(F)F. The van der Waals surface area contributed by atoms with E-state index in [0.717, 1.165) is 35.5 Å². The molecule has 3 aromatic rings. The Balaban J connectivity index is 0.000000876. The maximum Gasteiger partial charge on any atom is 0.490 e. The van der Waals surface area contributed by atoms with E-state index >= 15 is 0 Å². The van der Waals surface area contributed by atoms with E-state index < -0.39 is 70.3 Å². The van der Waals surface area contributed by atoms with Gasteiger partial charge in [0.15, 0.2) is 10.8 Å². The molecule has 2 aliphatic rings. The fraction of sp³-hybridized carbons (Fsp3) is 0.433. The van der Waals surface area contributed by atoms with Crippen LogP contribution in [-0.2, 0) is 38.7 Å². The molecule has 2 saturated heterocycles. The van der Waals surface area contributed by atoms with Gasteiger partial charge in [-0.3, -0.25) is 14.1 Å². The molecule has 4 heterocycles. The predicted molar refractivity (Wildman–Crippen MR) is 186 cm³/mol. The van der Waals surface area contributed by atoms with Crippen molar-refractivity contribution in [1.82, 2.24) is 25.7 Å². The van der Waals surface area contributed by atoms with Crippen molar-refractivity contribution in [2.24, 2.45) is 5.16 Å². The molecule has 20 nitrogen and oxygen atoms in total. The number of ether oxygens (including phenoxy) is 1. The number of fused-ring (bicyclic) bond motifs is 1. The molecule has 0 spiro atoms. The van der Waals surface area contributed by atoms with Gasteiger partial charge in [-0.2, -0.15) is 26.7 Å². The Morgan fingerprint density at radius 2 is 1.84 bits per heavy atom. The van der Waals surface area contributed by atoms with Crippen LogP contribution in [0.1, 0.15) is 39.8 Å². The smallest absolute Gasteiger partial charge is 0.489 e. The highest BCUT2D eigenvalue weighted by atomic mass is 32.3. The average molecular weight is 821 g/mol. The van der Waals surface area contributed by atoms with E-state index in [-0.39, 0.29) is 22.4 Å². The quantitative estimate of drug-likeness (QED) is 0.0557. The first-order valence-electron chi connectivity index (χ1n) is 15.7. The molecule has 25 heteroatoms. The Labute approximate surface area is 313 Å². The molecule has 3 atom stereocenters. The second-order valence-electron chi connectivity index (χ2n) is 13.1. The lowest BCUT2D eigenvalue weighted by molar-refractivity contribution is -0.218. The van der Waals surface area contributed by atoms with E-state index in [1.54, 1.807) is 18.2 Å². The fourth-order valence-corrected chi connectivity index (χ4v) is 6.20. The number of β-lactam (4-membered cyclic amide) rings is 1. The summed E-state index contributed by atoms with van der Waals surface area (Å²) in [6.45, 7) is 7.34. The monoisotopic (exact) mass is 820 g/mol. The van der Waals surface area contributed by atoms with Gasteiger partial charge in [0.05, 0.1) is 11.1 Å². The molecule has 55 heavy (non-hydrogen) atoms. The molecular formula is C30H35F3N8O12S2. The summed E-state index contributed by atoms with van der Waals surface area (Å²) in [4.78, 5) is 60.6. The third-order valence-corrected chi connectivity index (χ3v) is 8.90. The van der Waals surface area contributed by atoms with Crippen LogP contribution in [0.3, 0.4) is 0 Å². The van der Waals surface area contributed by atoms with Crippen molar-refractivity contribution in [2.75, 3.05) is 24.2 Å². The molecule has 0 bridgehead atoms. The van der Waals surface area contributed by atoms with E-state index in [9.17, 15) is 41.1 Å². The van der Waals surface area contributed by atoms with Gasteiger partial charge in [0.1, 0.15) is 29.9 Å². The number of aliphatic carboxylic acids is 2. The zero-order chi connectivity index (χ0) is 41.1. The number of benzene rings is 1. The number of amides is 2. The first-order valence-corrected chi connectivity index (χ1v) is 18.0. The summed E-state index contributed by atoms with van der Waals surface area (Å²) in [5.74, 6) is -5.16. The molecular weight excluding hydrogens is 786 g/mol. The molecule has 2 fully saturated rings. The number of nitrogens with zero attached hydrogens (tertiary/aromatic N) is 4. The minimum absolute atomic E-state index is 0.0500.